The Morgan fingerprint density at radius 1 is 1.82 bits per heavy atom. The van der Waals surface area contributed by atoms with Crippen molar-refractivity contribution >= 4 is 17.5 Å². The molecule has 17 heavy (non-hydrogen) atoms. The van der Waals surface area contributed by atoms with E-state index < -0.39 is 16.9 Å². The number of nitrogens with one attached hydrogen (secondary N) is 1. The van der Waals surface area contributed by atoms with Crippen LogP contribution in [0.4, 0.5) is 11.5 Å². The minimum atomic E-state index is -1.17. The summed E-state index contributed by atoms with van der Waals surface area (Å²) in [7, 11) is 2.84. The summed E-state index contributed by atoms with van der Waals surface area (Å²) in [6.45, 7) is -0.122. The van der Waals surface area contributed by atoms with Crippen molar-refractivity contribution in [3.8, 4) is 0 Å². The Labute approximate surface area is 96.1 Å². The van der Waals surface area contributed by atoms with E-state index in [0.717, 1.165) is 0 Å². The number of nitrogens with zero attached hydrogens (tertiary/aromatic N) is 3. The second kappa shape index (κ2) is 5.25. The molecule has 0 spiro atoms. The maximum atomic E-state index is 10.8. The highest BCUT2D eigenvalue weighted by molar-refractivity contribution is 5.78. The summed E-state index contributed by atoms with van der Waals surface area (Å²) in [6.07, 6.45) is 1.19. The number of hydrogen-bond acceptors (Lipinski definition) is 6. The molecular formula is C8H12N4O5. The smallest absolute Gasteiger partial charge is 0.330 e. The molecule has 0 amide bonds. The molecule has 1 aromatic rings. The number of hydrogen-bond donors (Lipinski definition) is 2. The largest absolute Gasteiger partial charge is 0.480 e. The molecule has 94 valence electrons. The van der Waals surface area contributed by atoms with Crippen LogP contribution < -0.4 is 5.32 Å². The fourth-order valence-corrected chi connectivity index (χ4v) is 1.22. The molecule has 0 saturated heterocycles. The molecule has 0 aliphatic carbocycles. The lowest BCUT2D eigenvalue weighted by atomic mass is 10.3. The van der Waals surface area contributed by atoms with E-state index in [1.165, 1.54) is 25.0 Å². The van der Waals surface area contributed by atoms with Crippen molar-refractivity contribution in [1.29, 1.82) is 0 Å². The predicted octanol–water partition coefficient (Wildman–Crippen LogP) is -0.160. The molecule has 0 radical (unpaired) electrons. The number of carbonyl (C=O) groups is 1. The van der Waals surface area contributed by atoms with Gasteiger partial charge in [-0.25, -0.2) is 4.79 Å². The Morgan fingerprint density at radius 2 is 2.47 bits per heavy atom. The summed E-state index contributed by atoms with van der Waals surface area (Å²) in [5, 5.41) is 25.8. The monoisotopic (exact) mass is 244 g/mol. The number of carboxylic acids is 1. The highest BCUT2D eigenvalue weighted by Gasteiger charge is 2.24. The lowest BCUT2D eigenvalue weighted by molar-refractivity contribution is -0.384. The van der Waals surface area contributed by atoms with E-state index >= 15 is 0 Å². The van der Waals surface area contributed by atoms with E-state index in [4.69, 9.17) is 9.84 Å². The molecule has 0 aromatic carbocycles. The van der Waals surface area contributed by atoms with Crippen LogP contribution in [-0.4, -0.2) is 45.5 Å². The van der Waals surface area contributed by atoms with Gasteiger partial charge in [0.25, 0.3) is 0 Å². The zero-order valence-corrected chi connectivity index (χ0v) is 9.28. The number of aryl methyl sites for hydroxylation is 1. The topological polar surface area (TPSA) is 120 Å². The molecule has 0 saturated carbocycles. The van der Waals surface area contributed by atoms with Crippen molar-refractivity contribution in [2.75, 3.05) is 19.0 Å². The molecule has 0 aliphatic rings. The van der Waals surface area contributed by atoms with Gasteiger partial charge in [-0.05, 0) is 0 Å². The standard InChI is InChI=1S/C8H12N4O5/c1-11-3-6(12(15)16)7(10-11)9-5(4-17-2)8(13)14/h3,5H,4H2,1-2H3,(H,9,10)(H,13,14). The summed E-state index contributed by atoms with van der Waals surface area (Å²) in [5.74, 6) is -1.27. The van der Waals surface area contributed by atoms with Gasteiger partial charge in [0.15, 0.2) is 0 Å². The molecule has 0 bridgehead atoms. The van der Waals surface area contributed by atoms with Crippen LogP contribution in [0.3, 0.4) is 0 Å². The fraction of sp³-hybridized carbons (Fsp3) is 0.500. The third-order valence-electron chi connectivity index (χ3n) is 1.95. The van der Waals surface area contributed by atoms with Crippen LogP contribution in [-0.2, 0) is 16.6 Å². The van der Waals surface area contributed by atoms with E-state index in [1.807, 2.05) is 0 Å². The van der Waals surface area contributed by atoms with E-state index in [9.17, 15) is 14.9 Å². The Balaban J connectivity index is 2.92. The molecule has 1 aromatic heterocycles. The Kier molecular flexibility index (Phi) is 3.99. The van der Waals surface area contributed by atoms with Crippen molar-refractivity contribution < 1.29 is 19.6 Å². The molecule has 9 heteroatoms. The average Bonchev–Trinajstić information content (AvgIpc) is 2.59. The highest BCUT2D eigenvalue weighted by atomic mass is 16.6. The van der Waals surface area contributed by atoms with Gasteiger partial charge in [0, 0.05) is 14.2 Å². The van der Waals surface area contributed by atoms with Gasteiger partial charge in [0.1, 0.15) is 12.2 Å². The second-order valence-corrected chi connectivity index (χ2v) is 3.28. The van der Waals surface area contributed by atoms with Gasteiger partial charge in [0.2, 0.25) is 5.82 Å². The van der Waals surface area contributed by atoms with Crippen molar-refractivity contribution in [1.82, 2.24) is 9.78 Å². The minimum absolute atomic E-state index is 0.0954. The van der Waals surface area contributed by atoms with Gasteiger partial charge in [-0.15, -0.1) is 5.10 Å². The van der Waals surface area contributed by atoms with Gasteiger partial charge in [0.05, 0.1) is 11.5 Å². The summed E-state index contributed by atoms with van der Waals surface area (Å²) in [6, 6.07) is -1.09. The first-order valence-electron chi connectivity index (χ1n) is 4.62. The molecule has 1 heterocycles. The zero-order valence-electron chi connectivity index (χ0n) is 9.28. The second-order valence-electron chi connectivity index (χ2n) is 3.28. The summed E-state index contributed by atoms with van der Waals surface area (Å²) < 4.78 is 5.93. The SMILES string of the molecule is COCC(Nc1nn(C)cc1[N+](=O)[O-])C(=O)O. The molecule has 1 unspecified atom stereocenters. The number of methoxy groups -OCH3 is 1. The number of ether oxygens (including phenoxy) is 1. The fourth-order valence-electron chi connectivity index (χ4n) is 1.22. The molecule has 0 aliphatic heterocycles. The number of aromatic nitrogens is 2. The first-order valence-corrected chi connectivity index (χ1v) is 4.62. The third-order valence-corrected chi connectivity index (χ3v) is 1.95. The lowest BCUT2D eigenvalue weighted by Gasteiger charge is -2.11. The molecule has 1 atom stereocenters. The maximum Gasteiger partial charge on any atom is 0.330 e. The van der Waals surface area contributed by atoms with Crippen molar-refractivity contribution in [3.05, 3.63) is 16.3 Å². The molecule has 9 nitrogen and oxygen atoms in total. The summed E-state index contributed by atoms with van der Waals surface area (Å²) >= 11 is 0. The summed E-state index contributed by atoms with van der Waals surface area (Å²) in [4.78, 5) is 20.9. The van der Waals surface area contributed by atoms with Crippen LogP contribution in [0.25, 0.3) is 0 Å². The predicted molar refractivity (Wildman–Crippen MR) is 56.8 cm³/mol. The van der Waals surface area contributed by atoms with Crippen molar-refractivity contribution in [3.63, 3.8) is 0 Å². The van der Waals surface area contributed by atoms with Crippen LogP contribution in [0, 0.1) is 10.1 Å². The Hall–Kier alpha value is -2.16. The lowest BCUT2D eigenvalue weighted by Crippen LogP contribution is -2.34. The number of rotatable bonds is 6. The van der Waals surface area contributed by atoms with E-state index in [0.29, 0.717) is 0 Å². The average molecular weight is 244 g/mol. The first-order chi connectivity index (χ1) is 7.95. The number of aliphatic carboxylic acids is 1. The molecule has 1 rings (SSSR count). The first kappa shape index (κ1) is 12.9. The Bertz CT molecular complexity index is 430. The minimum Gasteiger partial charge on any atom is -0.480 e. The van der Waals surface area contributed by atoms with Gasteiger partial charge in [-0.2, -0.15) is 0 Å². The Morgan fingerprint density at radius 3 is 2.94 bits per heavy atom. The van der Waals surface area contributed by atoms with Crippen LogP contribution >= 0.6 is 0 Å². The van der Waals surface area contributed by atoms with E-state index in [-0.39, 0.29) is 18.1 Å². The maximum absolute atomic E-state index is 10.8. The van der Waals surface area contributed by atoms with Crippen LogP contribution in [0.5, 0.6) is 0 Å². The molecule has 2 N–H and O–H groups in total. The van der Waals surface area contributed by atoms with Crippen molar-refractivity contribution in [2.24, 2.45) is 7.05 Å². The quantitative estimate of drug-likeness (QED) is 0.527. The normalized spacial score (nSPS) is 12.1. The highest BCUT2D eigenvalue weighted by Crippen LogP contribution is 2.22. The molecule has 0 fully saturated rings. The van der Waals surface area contributed by atoms with Gasteiger partial charge in [-0.3, -0.25) is 14.8 Å². The molecular weight excluding hydrogens is 232 g/mol. The number of nitro groups is 1. The van der Waals surface area contributed by atoms with Crippen molar-refractivity contribution in [2.45, 2.75) is 6.04 Å². The van der Waals surface area contributed by atoms with Gasteiger partial charge < -0.3 is 15.2 Å². The summed E-state index contributed by atoms with van der Waals surface area (Å²) in [5.41, 5.74) is -0.283. The van der Waals surface area contributed by atoms with Crippen LogP contribution in [0.2, 0.25) is 0 Å². The van der Waals surface area contributed by atoms with Crippen LogP contribution in [0.15, 0.2) is 6.20 Å². The number of carboxylic acid groups (broad SMARTS) is 1. The van der Waals surface area contributed by atoms with E-state index in [1.54, 1.807) is 0 Å². The third kappa shape index (κ3) is 3.14. The van der Waals surface area contributed by atoms with Gasteiger partial charge in [-0.1, -0.05) is 0 Å². The number of anilines is 1. The zero-order chi connectivity index (χ0) is 13.0. The van der Waals surface area contributed by atoms with E-state index in [2.05, 4.69) is 10.4 Å². The van der Waals surface area contributed by atoms with Gasteiger partial charge >= 0.3 is 11.7 Å². The van der Waals surface area contributed by atoms with Crippen LogP contribution in [0.1, 0.15) is 0 Å².